The Hall–Kier alpha value is -3.74. The molecule has 1 fully saturated rings. The Labute approximate surface area is 205 Å². The van der Waals surface area contributed by atoms with E-state index in [-0.39, 0.29) is 18.8 Å². The lowest BCUT2D eigenvalue weighted by molar-refractivity contribution is 0.0176. The van der Waals surface area contributed by atoms with Gasteiger partial charge in [0.1, 0.15) is 29.8 Å². The average molecular weight is 478 g/mol. The Bertz CT molecular complexity index is 1180. The van der Waals surface area contributed by atoms with Gasteiger partial charge in [0.05, 0.1) is 25.3 Å². The largest absolute Gasteiger partial charge is 0.491 e. The number of carbonyl (C=O) groups is 2. The van der Waals surface area contributed by atoms with Gasteiger partial charge in [-0.05, 0) is 67.9 Å². The molecule has 7 nitrogen and oxygen atoms in total. The Morgan fingerprint density at radius 1 is 0.943 bits per heavy atom. The predicted octanol–water partition coefficient (Wildman–Crippen LogP) is 5.46. The van der Waals surface area contributed by atoms with Gasteiger partial charge in [-0.25, -0.2) is 9.59 Å². The predicted molar refractivity (Wildman–Crippen MR) is 133 cm³/mol. The Morgan fingerprint density at radius 3 is 2.31 bits per heavy atom. The number of rotatable bonds is 6. The number of carbonyl (C=O) groups excluding carboxylic acids is 2. The number of esters is 1. The molecule has 7 heteroatoms. The fraction of sp³-hybridized carbons (Fsp3) is 0.357. The fourth-order valence-corrected chi connectivity index (χ4v) is 4.09. The molecule has 1 aliphatic heterocycles. The third-order valence-corrected chi connectivity index (χ3v) is 5.75. The van der Waals surface area contributed by atoms with Crippen molar-refractivity contribution in [1.82, 2.24) is 4.90 Å². The maximum atomic E-state index is 12.9. The summed E-state index contributed by atoms with van der Waals surface area (Å²) in [6.07, 6.45) is 0.0162. The summed E-state index contributed by atoms with van der Waals surface area (Å²) in [6, 6.07) is 20.6. The summed E-state index contributed by atoms with van der Waals surface area (Å²) in [5.74, 6) is 0.954. The maximum absolute atomic E-state index is 12.9. The lowest BCUT2D eigenvalue weighted by atomic mass is 10.1. The average Bonchev–Trinajstić information content (AvgIpc) is 3.24. The highest BCUT2D eigenvalue weighted by Gasteiger charge is 2.39. The van der Waals surface area contributed by atoms with E-state index in [0.717, 1.165) is 16.5 Å². The zero-order chi connectivity index (χ0) is 25.0. The molecule has 184 valence electrons. The fourth-order valence-electron chi connectivity index (χ4n) is 4.09. The van der Waals surface area contributed by atoms with E-state index in [0.29, 0.717) is 24.3 Å². The summed E-state index contributed by atoms with van der Waals surface area (Å²) in [4.78, 5) is 26.3. The normalized spacial score (nSPS) is 17.8. The van der Waals surface area contributed by atoms with Crippen LogP contribution in [0, 0.1) is 0 Å². The maximum Gasteiger partial charge on any atom is 0.410 e. The Morgan fingerprint density at radius 2 is 1.63 bits per heavy atom. The van der Waals surface area contributed by atoms with Crippen LogP contribution in [0.1, 0.15) is 37.6 Å². The zero-order valence-corrected chi connectivity index (χ0v) is 20.5. The third kappa shape index (κ3) is 6.23. The zero-order valence-electron chi connectivity index (χ0n) is 20.5. The van der Waals surface area contributed by atoms with Crippen molar-refractivity contribution >= 4 is 22.8 Å². The highest BCUT2D eigenvalue weighted by molar-refractivity contribution is 5.89. The van der Waals surface area contributed by atoms with Crippen LogP contribution in [-0.2, 0) is 9.47 Å². The molecule has 0 saturated carbocycles. The smallest absolute Gasteiger partial charge is 0.410 e. The number of amides is 1. The van der Waals surface area contributed by atoms with Gasteiger partial charge in [0, 0.05) is 6.42 Å². The summed E-state index contributed by atoms with van der Waals surface area (Å²) in [5, 5.41) is 2.24. The van der Waals surface area contributed by atoms with Gasteiger partial charge in [-0.15, -0.1) is 0 Å². The van der Waals surface area contributed by atoms with Crippen LogP contribution in [0.25, 0.3) is 10.8 Å². The van der Waals surface area contributed by atoms with Crippen LogP contribution in [0.3, 0.4) is 0 Å². The second kappa shape index (κ2) is 10.3. The number of ether oxygens (including phenoxy) is 4. The molecule has 3 aromatic carbocycles. The Balaban J connectivity index is 1.45. The summed E-state index contributed by atoms with van der Waals surface area (Å²) >= 11 is 0. The van der Waals surface area contributed by atoms with Crippen molar-refractivity contribution in [2.45, 2.75) is 44.9 Å². The first-order valence-corrected chi connectivity index (χ1v) is 11.7. The molecule has 0 bridgehead atoms. The number of likely N-dealkylation sites (tertiary alicyclic amines) is 1. The van der Waals surface area contributed by atoms with Crippen molar-refractivity contribution in [2.75, 3.05) is 20.3 Å². The van der Waals surface area contributed by atoms with Crippen LogP contribution >= 0.6 is 0 Å². The molecule has 1 unspecified atom stereocenters. The first-order chi connectivity index (χ1) is 16.7. The monoisotopic (exact) mass is 477 g/mol. The molecule has 1 heterocycles. The lowest BCUT2D eigenvalue weighted by Gasteiger charge is -2.28. The summed E-state index contributed by atoms with van der Waals surface area (Å²) in [5.41, 5.74) is -0.163. The van der Waals surface area contributed by atoms with Crippen molar-refractivity contribution in [3.8, 4) is 11.5 Å². The van der Waals surface area contributed by atoms with Gasteiger partial charge in [-0.1, -0.05) is 30.3 Å². The molecule has 1 saturated heterocycles. The SMILES string of the molecule is COC(=O)c1ccc(OC[C@@H]2CC(Oc3ccc4ccccc4c3)CN2C(=O)OC(C)(C)C)cc1. The van der Waals surface area contributed by atoms with Gasteiger partial charge in [-0.3, -0.25) is 4.90 Å². The van der Waals surface area contributed by atoms with Crippen LogP contribution in [0.15, 0.2) is 66.7 Å². The second-order valence-electron chi connectivity index (χ2n) is 9.60. The highest BCUT2D eigenvalue weighted by Crippen LogP contribution is 2.28. The van der Waals surface area contributed by atoms with Gasteiger partial charge >= 0.3 is 12.1 Å². The number of hydrogen-bond acceptors (Lipinski definition) is 6. The van der Waals surface area contributed by atoms with Crippen molar-refractivity contribution < 1.29 is 28.5 Å². The minimum atomic E-state index is -0.608. The van der Waals surface area contributed by atoms with Gasteiger partial charge in [-0.2, -0.15) is 0 Å². The van der Waals surface area contributed by atoms with Gasteiger partial charge in [0.25, 0.3) is 0 Å². The molecule has 0 aliphatic carbocycles. The topological polar surface area (TPSA) is 74.3 Å². The number of fused-ring (bicyclic) bond motifs is 1. The molecule has 3 aromatic rings. The lowest BCUT2D eigenvalue weighted by Crippen LogP contribution is -2.42. The molecule has 35 heavy (non-hydrogen) atoms. The molecule has 0 spiro atoms. The standard InChI is InChI=1S/C28H31NO6/c1-28(2,3)35-27(31)29-17-25(34-24-14-9-19-7-5-6-8-21(19)15-24)16-22(29)18-33-23-12-10-20(11-13-23)26(30)32-4/h5-15,22,25H,16-18H2,1-4H3/t22-,25?/m0/s1. The van der Waals surface area contributed by atoms with E-state index >= 15 is 0 Å². The van der Waals surface area contributed by atoms with E-state index in [2.05, 4.69) is 6.07 Å². The van der Waals surface area contributed by atoms with Crippen LogP contribution in [-0.4, -0.2) is 55.0 Å². The molecule has 4 rings (SSSR count). The number of methoxy groups -OCH3 is 1. The van der Waals surface area contributed by atoms with E-state index in [4.69, 9.17) is 18.9 Å². The van der Waals surface area contributed by atoms with Crippen LogP contribution in [0.2, 0.25) is 0 Å². The first-order valence-electron chi connectivity index (χ1n) is 11.7. The van der Waals surface area contributed by atoms with Gasteiger partial charge < -0.3 is 18.9 Å². The van der Waals surface area contributed by atoms with E-state index in [1.807, 2.05) is 57.2 Å². The molecule has 0 aromatic heterocycles. The highest BCUT2D eigenvalue weighted by atomic mass is 16.6. The van der Waals surface area contributed by atoms with Crippen LogP contribution in [0.4, 0.5) is 4.79 Å². The molecule has 0 radical (unpaired) electrons. The summed E-state index contributed by atoms with van der Waals surface area (Å²) in [6.45, 7) is 6.21. The summed E-state index contributed by atoms with van der Waals surface area (Å²) in [7, 11) is 1.34. The first kappa shape index (κ1) is 24.4. The number of hydrogen-bond donors (Lipinski definition) is 0. The molecule has 0 N–H and O–H groups in total. The van der Waals surface area contributed by atoms with Crippen molar-refractivity contribution in [1.29, 1.82) is 0 Å². The molecular weight excluding hydrogens is 446 g/mol. The van der Waals surface area contributed by atoms with Crippen LogP contribution < -0.4 is 9.47 Å². The van der Waals surface area contributed by atoms with Crippen LogP contribution in [0.5, 0.6) is 11.5 Å². The quantitative estimate of drug-likeness (QED) is 0.439. The van der Waals surface area contributed by atoms with E-state index in [9.17, 15) is 9.59 Å². The number of nitrogens with zero attached hydrogens (tertiary/aromatic N) is 1. The molecule has 1 aliphatic rings. The van der Waals surface area contributed by atoms with Crippen molar-refractivity contribution in [2.24, 2.45) is 0 Å². The third-order valence-electron chi connectivity index (χ3n) is 5.75. The second-order valence-corrected chi connectivity index (χ2v) is 9.60. The molecular formula is C28H31NO6. The number of benzene rings is 3. The van der Waals surface area contributed by atoms with Gasteiger partial charge in [0.2, 0.25) is 0 Å². The molecule has 2 atom stereocenters. The summed E-state index contributed by atoms with van der Waals surface area (Å²) < 4.78 is 22.6. The Kier molecular flexibility index (Phi) is 7.15. The van der Waals surface area contributed by atoms with E-state index in [1.165, 1.54) is 7.11 Å². The minimum Gasteiger partial charge on any atom is -0.491 e. The van der Waals surface area contributed by atoms with E-state index < -0.39 is 17.7 Å². The van der Waals surface area contributed by atoms with E-state index in [1.54, 1.807) is 29.2 Å². The van der Waals surface area contributed by atoms with Gasteiger partial charge in [0.15, 0.2) is 0 Å². The van der Waals surface area contributed by atoms with Crippen molar-refractivity contribution in [3.63, 3.8) is 0 Å². The molecule has 1 amide bonds. The van der Waals surface area contributed by atoms with Crippen molar-refractivity contribution in [3.05, 3.63) is 72.3 Å². The minimum absolute atomic E-state index is 0.195.